The van der Waals surface area contributed by atoms with Crippen LogP contribution in [0.3, 0.4) is 0 Å². The van der Waals surface area contributed by atoms with Crippen molar-refractivity contribution in [3.8, 4) is 11.8 Å². The van der Waals surface area contributed by atoms with Crippen LogP contribution in [0.1, 0.15) is 5.56 Å². The molecule has 0 aliphatic carbocycles. The van der Waals surface area contributed by atoms with Crippen LogP contribution >= 0.6 is 0 Å². The Kier molecular flexibility index (Phi) is 3.20. The molecule has 1 aromatic rings. The first-order chi connectivity index (χ1) is 5.43. The molecule has 11 heavy (non-hydrogen) atoms. The molecule has 0 fully saturated rings. The molecule has 1 aromatic carbocycles. The van der Waals surface area contributed by atoms with Crippen molar-refractivity contribution < 1.29 is 5.21 Å². The van der Waals surface area contributed by atoms with E-state index in [1.165, 1.54) is 0 Å². The van der Waals surface area contributed by atoms with Gasteiger partial charge < -0.3 is 5.21 Å². The van der Waals surface area contributed by atoms with E-state index >= 15 is 0 Å². The van der Waals surface area contributed by atoms with Crippen molar-refractivity contribution >= 4 is 0 Å². The second-order valence-corrected chi connectivity index (χ2v) is 2.00. The van der Waals surface area contributed by atoms with Gasteiger partial charge in [-0.2, -0.15) is 5.48 Å². The van der Waals surface area contributed by atoms with Gasteiger partial charge in [-0.05, 0) is 12.1 Å². The Bertz CT molecular complexity index is 258. The minimum Gasteiger partial charge on any atom is -0.316 e. The monoisotopic (exact) mass is 147 g/mol. The lowest BCUT2D eigenvalue weighted by molar-refractivity contribution is 0.181. The molecule has 0 atom stereocenters. The summed E-state index contributed by atoms with van der Waals surface area (Å²) >= 11 is 0. The quantitative estimate of drug-likeness (QED) is 0.459. The molecule has 0 saturated heterocycles. The smallest absolute Gasteiger partial charge is 0.0822 e. The van der Waals surface area contributed by atoms with E-state index in [4.69, 9.17) is 5.21 Å². The Morgan fingerprint density at radius 1 is 1.27 bits per heavy atom. The molecule has 0 amide bonds. The molecule has 0 aliphatic rings. The molecule has 56 valence electrons. The maximum Gasteiger partial charge on any atom is 0.0822 e. The summed E-state index contributed by atoms with van der Waals surface area (Å²) in [5.74, 6) is 5.61. The third kappa shape index (κ3) is 2.85. The molecule has 1 rings (SSSR count). The van der Waals surface area contributed by atoms with E-state index in [2.05, 4.69) is 11.8 Å². The zero-order valence-electron chi connectivity index (χ0n) is 6.04. The topological polar surface area (TPSA) is 32.3 Å². The molecular weight excluding hydrogens is 138 g/mol. The van der Waals surface area contributed by atoms with Crippen molar-refractivity contribution in [2.24, 2.45) is 0 Å². The third-order valence-corrected chi connectivity index (χ3v) is 1.17. The van der Waals surface area contributed by atoms with E-state index in [1.807, 2.05) is 35.8 Å². The first kappa shape index (κ1) is 7.80. The largest absolute Gasteiger partial charge is 0.316 e. The van der Waals surface area contributed by atoms with Gasteiger partial charge in [-0.25, -0.2) is 0 Å². The lowest BCUT2D eigenvalue weighted by Gasteiger charge is -1.86. The predicted octanol–water partition coefficient (Wildman–Crippen LogP) is 1.02. The highest BCUT2D eigenvalue weighted by molar-refractivity contribution is 5.33. The zero-order chi connectivity index (χ0) is 7.94. The first-order valence-electron chi connectivity index (χ1n) is 3.34. The van der Waals surface area contributed by atoms with Crippen molar-refractivity contribution in [2.45, 2.75) is 0 Å². The summed E-state index contributed by atoms with van der Waals surface area (Å²) in [7, 11) is 0. The molecule has 0 aromatic heterocycles. The highest BCUT2D eigenvalue weighted by Gasteiger charge is 1.79. The van der Waals surface area contributed by atoms with Crippen LogP contribution < -0.4 is 5.48 Å². The molecule has 0 saturated carbocycles. The minimum atomic E-state index is 0.300. The van der Waals surface area contributed by atoms with Gasteiger partial charge in [0, 0.05) is 5.56 Å². The second-order valence-electron chi connectivity index (χ2n) is 2.00. The number of hydroxylamine groups is 1. The first-order valence-corrected chi connectivity index (χ1v) is 3.34. The second kappa shape index (κ2) is 4.51. The molecular formula is C9H9NO. The van der Waals surface area contributed by atoms with Gasteiger partial charge in [0.2, 0.25) is 0 Å². The molecule has 0 heterocycles. The average Bonchev–Trinajstić information content (AvgIpc) is 2.07. The maximum absolute atomic E-state index is 8.19. The average molecular weight is 147 g/mol. The van der Waals surface area contributed by atoms with Crippen molar-refractivity contribution in [1.82, 2.24) is 5.48 Å². The number of hydrogen-bond donors (Lipinski definition) is 2. The number of nitrogens with one attached hydrogen (secondary N) is 1. The lowest BCUT2D eigenvalue weighted by atomic mass is 10.2. The Morgan fingerprint density at radius 3 is 2.64 bits per heavy atom. The number of rotatable bonds is 1. The fourth-order valence-corrected chi connectivity index (χ4v) is 0.707. The molecule has 0 spiro atoms. The maximum atomic E-state index is 8.19. The predicted molar refractivity (Wildman–Crippen MR) is 43.1 cm³/mol. The van der Waals surface area contributed by atoms with Gasteiger partial charge in [0.1, 0.15) is 0 Å². The summed E-state index contributed by atoms with van der Waals surface area (Å²) in [4.78, 5) is 0. The van der Waals surface area contributed by atoms with Crippen LogP contribution in [0.5, 0.6) is 0 Å². The normalized spacial score (nSPS) is 8.45. The number of hydrogen-bond acceptors (Lipinski definition) is 2. The van der Waals surface area contributed by atoms with Crippen LogP contribution in [-0.2, 0) is 0 Å². The standard InChI is InChI=1S/C9H9NO/c11-10-8-4-7-9-5-2-1-3-6-9/h1-3,5-6,10-11H,8H2. The SMILES string of the molecule is ONCC#Cc1ccccc1. The summed E-state index contributed by atoms with van der Waals surface area (Å²) < 4.78 is 0. The molecule has 2 nitrogen and oxygen atoms in total. The van der Waals surface area contributed by atoms with Gasteiger partial charge in [-0.1, -0.05) is 30.0 Å². The van der Waals surface area contributed by atoms with Crippen LogP contribution in [0.4, 0.5) is 0 Å². The lowest BCUT2D eigenvalue weighted by Crippen LogP contribution is -2.05. The van der Waals surface area contributed by atoms with E-state index in [1.54, 1.807) is 0 Å². The Labute approximate surface area is 65.8 Å². The van der Waals surface area contributed by atoms with Crippen LogP contribution in [0, 0.1) is 11.8 Å². The van der Waals surface area contributed by atoms with Crippen molar-refractivity contribution in [3.63, 3.8) is 0 Å². The van der Waals surface area contributed by atoms with E-state index in [0.29, 0.717) is 6.54 Å². The summed E-state index contributed by atoms with van der Waals surface area (Å²) in [6.07, 6.45) is 0. The number of benzene rings is 1. The molecule has 0 aliphatic heterocycles. The van der Waals surface area contributed by atoms with E-state index in [-0.39, 0.29) is 0 Å². The minimum absolute atomic E-state index is 0.300. The Hall–Kier alpha value is -1.30. The van der Waals surface area contributed by atoms with Crippen LogP contribution in [0.15, 0.2) is 30.3 Å². The van der Waals surface area contributed by atoms with Gasteiger partial charge in [0.05, 0.1) is 6.54 Å². The van der Waals surface area contributed by atoms with Crippen molar-refractivity contribution in [1.29, 1.82) is 0 Å². The fourth-order valence-electron chi connectivity index (χ4n) is 0.707. The van der Waals surface area contributed by atoms with Crippen molar-refractivity contribution in [2.75, 3.05) is 6.54 Å². The molecule has 0 bridgehead atoms. The summed E-state index contributed by atoms with van der Waals surface area (Å²) in [6.45, 7) is 0.300. The molecule has 0 radical (unpaired) electrons. The van der Waals surface area contributed by atoms with Gasteiger partial charge >= 0.3 is 0 Å². The van der Waals surface area contributed by atoms with Crippen LogP contribution in [-0.4, -0.2) is 11.8 Å². The Balaban J connectivity index is 2.59. The van der Waals surface area contributed by atoms with Gasteiger partial charge in [-0.3, -0.25) is 0 Å². The van der Waals surface area contributed by atoms with Crippen LogP contribution in [0.2, 0.25) is 0 Å². The van der Waals surface area contributed by atoms with Gasteiger partial charge in [0.25, 0.3) is 0 Å². The Morgan fingerprint density at radius 2 is 2.00 bits per heavy atom. The van der Waals surface area contributed by atoms with E-state index < -0.39 is 0 Å². The van der Waals surface area contributed by atoms with Gasteiger partial charge in [0.15, 0.2) is 0 Å². The molecule has 2 heteroatoms. The molecule has 0 unspecified atom stereocenters. The summed E-state index contributed by atoms with van der Waals surface area (Å²) in [5, 5.41) is 8.19. The van der Waals surface area contributed by atoms with E-state index in [0.717, 1.165) is 5.56 Å². The van der Waals surface area contributed by atoms with Crippen LogP contribution in [0.25, 0.3) is 0 Å². The fraction of sp³-hybridized carbons (Fsp3) is 0.111. The summed E-state index contributed by atoms with van der Waals surface area (Å²) in [6, 6.07) is 9.64. The van der Waals surface area contributed by atoms with Crippen molar-refractivity contribution in [3.05, 3.63) is 35.9 Å². The zero-order valence-corrected chi connectivity index (χ0v) is 6.04. The highest BCUT2D eigenvalue weighted by atomic mass is 16.5. The van der Waals surface area contributed by atoms with Gasteiger partial charge in [-0.15, -0.1) is 0 Å². The summed E-state index contributed by atoms with van der Waals surface area (Å²) in [5.41, 5.74) is 2.93. The highest BCUT2D eigenvalue weighted by Crippen LogP contribution is 1.93. The van der Waals surface area contributed by atoms with E-state index in [9.17, 15) is 0 Å². The third-order valence-electron chi connectivity index (χ3n) is 1.17. The molecule has 2 N–H and O–H groups in total.